The fourth-order valence-corrected chi connectivity index (χ4v) is 3.84. The molecule has 0 radical (unpaired) electrons. The van der Waals surface area contributed by atoms with E-state index in [4.69, 9.17) is 0 Å². The van der Waals surface area contributed by atoms with E-state index in [9.17, 15) is 0 Å². The second kappa shape index (κ2) is 6.09. The Hall–Kier alpha value is -0.820. The fourth-order valence-electron chi connectivity index (χ4n) is 1.77. The zero-order chi connectivity index (χ0) is 12.5. The van der Waals surface area contributed by atoms with E-state index in [0.717, 1.165) is 22.4 Å². The summed E-state index contributed by atoms with van der Waals surface area (Å²) in [5.41, 5.74) is 1.20. The molecule has 1 aromatic carbocycles. The van der Waals surface area contributed by atoms with Gasteiger partial charge in [-0.1, -0.05) is 35.2 Å². The van der Waals surface area contributed by atoms with Crippen LogP contribution in [0.1, 0.15) is 0 Å². The summed E-state index contributed by atoms with van der Waals surface area (Å²) in [6, 6.07) is 8.37. The lowest BCUT2D eigenvalue weighted by atomic mass is 10.3. The zero-order valence-corrected chi connectivity index (χ0v) is 13.2. The third-order valence-corrected chi connectivity index (χ3v) is 4.60. The Bertz CT molecular complexity index is 677. The summed E-state index contributed by atoms with van der Waals surface area (Å²) in [5, 5.41) is 9.51. The molecule has 0 spiro atoms. The zero-order valence-electron chi connectivity index (χ0n) is 10.7. The maximum absolute atomic E-state index is 4.27. The van der Waals surface area contributed by atoms with Crippen LogP contribution in [0.25, 0.3) is 15.2 Å². The molecule has 3 aromatic rings. The summed E-state index contributed by atoms with van der Waals surface area (Å²) in [4.78, 5) is 3.15. The molecule has 0 bridgehead atoms. The highest BCUT2D eigenvalue weighted by Gasteiger charge is 2.11. The lowest BCUT2D eigenvalue weighted by molar-refractivity contribution is 0.437. The number of rotatable bonds is 4. The van der Waals surface area contributed by atoms with Gasteiger partial charge in [0.25, 0.3) is 0 Å². The Morgan fingerprint density at radius 3 is 2.84 bits per heavy atom. The van der Waals surface area contributed by atoms with E-state index >= 15 is 0 Å². The number of thioether (sulfide) groups is 1. The SMILES string of the molecule is CN(C)CCSc1nnc2sc3ccccc3n12.Cl. The van der Waals surface area contributed by atoms with Gasteiger partial charge in [0.15, 0.2) is 5.16 Å². The maximum atomic E-state index is 4.27. The van der Waals surface area contributed by atoms with Crippen molar-refractivity contribution in [3.05, 3.63) is 24.3 Å². The van der Waals surface area contributed by atoms with Gasteiger partial charge >= 0.3 is 0 Å². The van der Waals surface area contributed by atoms with E-state index in [2.05, 4.69) is 57.9 Å². The summed E-state index contributed by atoms with van der Waals surface area (Å²) in [6.07, 6.45) is 0. The highest BCUT2D eigenvalue weighted by molar-refractivity contribution is 7.99. The van der Waals surface area contributed by atoms with Crippen molar-refractivity contribution in [3.8, 4) is 0 Å². The summed E-state index contributed by atoms with van der Waals surface area (Å²) in [7, 11) is 4.17. The molecular weight excluding hydrogens is 300 g/mol. The summed E-state index contributed by atoms with van der Waals surface area (Å²) in [5.74, 6) is 1.03. The van der Waals surface area contributed by atoms with Crippen LogP contribution in [0.3, 0.4) is 0 Å². The first-order valence-corrected chi connectivity index (χ1v) is 7.56. The van der Waals surface area contributed by atoms with E-state index < -0.39 is 0 Å². The second-order valence-corrected chi connectivity index (χ2v) is 6.39. The largest absolute Gasteiger partial charge is 0.309 e. The number of nitrogens with zero attached hydrogens (tertiary/aromatic N) is 4. The molecule has 102 valence electrons. The van der Waals surface area contributed by atoms with E-state index in [1.807, 2.05) is 0 Å². The van der Waals surface area contributed by atoms with Crippen molar-refractivity contribution in [2.24, 2.45) is 0 Å². The Morgan fingerprint density at radius 1 is 1.26 bits per heavy atom. The Kier molecular flexibility index (Phi) is 4.67. The Morgan fingerprint density at radius 2 is 2.05 bits per heavy atom. The van der Waals surface area contributed by atoms with Crippen LogP contribution in [0.2, 0.25) is 0 Å². The van der Waals surface area contributed by atoms with E-state index in [0.29, 0.717) is 0 Å². The van der Waals surface area contributed by atoms with E-state index in [1.165, 1.54) is 10.2 Å². The van der Waals surface area contributed by atoms with Crippen molar-refractivity contribution < 1.29 is 0 Å². The van der Waals surface area contributed by atoms with Crippen molar-refractivity contribution in [2.45, 2.75) is 5.16 Å². The molecule has 0 aliphatic heterocycles. The quantitative estimate of drug-likeness (QED) is 0.693. The summed E-state index contributed by atoms with van der Waals surface area (Å²) in [6.45, 7) is 1.04. The van der Waals surface area contributed by atoms with Gasteiger partial charge in [-0.25, -0.2) is 0 Å². The molecule has 4 nitrogen and oxygen atoms in total. The van der Waals surface area contributed by atoms with Crippen molar-refractivity contribution in [2.75, 3.05) is 26.4 Å². The average molecular weight is 315 g/mol. The van der Waals surface area contributed by atoms with Crippen LogP contribution in [0, 0.1) is 0 Å². The third kappa shape index (κ3) is 2.86. The predicted octanol–water partition coefficient (Wildman–Crippen LogP) is 3.02. The molecule has 7 heteroatoms. The third-order valence-electron chi connectivity index (χ3n) is 2.68. The average Bonchev–Trinajstić information content (AvgIpc) is 2.88. The number of benzene rings is 1. The molecule has 0 N–H and O–H groups in total. The molecule has 19 heavy (non-hydrogen) atoms. The molecule has 0 saturated heterocycles. The van der Waals surface area contributed by atoms with Gasteiger partial charge in [-0.2, -0.15) is 0 Å². The number of fused-ring (bicyclic) bond motifs is 3. The highest BCUT2D eigenvalue weighted by atomic mass is 35.5. The number of thiazole rings is 1. The Balaban J connectivity index is 0.00000133. The minimum absolute atomic E-state index is 0. The van der Waals surface area contributed by atoms with Gasteiger partial charge in [-0.3, -0.25) is 4.40 Å². The fraction of sp³-hybridized carbons (Fsp3) is 0.333. The number of aromatic nitrogens is 3. The lowest BCUT2D eigenvalue weighted by Gasteiger charge is -2.07. The van der Waals surface area contributed by atoms with Gasteiger partial charge in [0.05, 0.1) is 10.2 Å². The van der Waals surface area contributed by atoms with Gasteiger partial charge in [0.2, 0.25) is 4.96 Å². The normalized spacial score (nSPS) is 11.3. The van der Waals surface area contributed by atoms with Crippen LogP contribution in [0.4, 0.5) is 0 Å². The monoisotopic (exact) mass is 314 g/mol. The van der Waals surface area contributed by atoms with Crippen LogP contribution in [-0.2, 0) is 0 Å². The summed E-state index contributed by atoms with van der Waals surface area (Å²) >= 11 is 3.45. The van der Waals surface area contributed by atoms with Crippen LogP contribution >= 0.6 is 35.5 Å². The topological polar surface area (TPSA) is 33.4 Å². The molecule has 0 unspecified atom stereocenters. The first-order chi connectivity index (χ1) is 8.75. The highest BCUT2D eigenvalue weighted by Crippen LogP contribution is 2.29. The molecule has 0 saturated carbocycles. The molecule has 0 amide bonds. The van der Waals surface area contributed by atoms with Crippen LogP contribution in [-0.4, -0.2) is 45.9 Å². The van der Waals surface area contributed by atoms with E-state index in [-0.39, 0.29) is 12.4 Å². The second-order valence-electron chi connectivity index (χ2n) is 4.32. The van der Waals surface area contributed by atoms with Crippen LogP contribution in [0.15, 0.2) is 29.4 Å². The minimum Gasteiger partial charge on any atom is -0.309 e. The smallest absolute Gasteiger partial charge is 0.217 e. The van der Waals surface area contributed by atoms with Crippen molar-refractivity contribution in [1.82, 2.24) is 19.5 Å². The van der Waals surface area contributed by atoms with Crippen LogP contribution < -0.4 is 0 Å². The molecule has 0 aliphatic carbocycles. The molecule has 2 aromatic heterocycles. The molecule has 3 rings (SSSR count). The molecule has 0 atom stereocenters. The van der Waals surface area contributed by atoms with Gasteiger partial charge in [-0.05, 0) is 26.2 Å². The van der Waals surface area contributed by atoms with Crippen LogP contribution in [0.5, 0.6) is 0 Å². The first-order valence-electron chi connectivity index (χ1n) is 5.76. The predicted molar refractivity (Wildman–Crippen MR) is 84.9 cm³/mol. The van der Waals surface area contributed by atoms with Crippen molar-refractivity contribution in [3.63, 3.8) is 0 Å². The number of hydrogen-bond donors (Lipinski definition) is 0. The van der Waals surface area contributed by atoms with Crippen molar-refractivity contribution >= 4 is 50.7 Å². The molecule has 0 aliphatic rings. The molecule has 2 heterocycles. The van der Waals surface area contributed by atoms with Gasteiger partial charge in [-0.15, -0.1) is 22.6 Å². The van der Waals surface area contributed by atoms with Crippen molar-refractivity contribution in [1.29, 1.82) is 0 Å². The standard InChI is InChI=1S/C12H14N4S2.ClH/c1-15(2)7-8-17-11-13-14-12-16(11)9-5-3-4-6-10(9)18-12;/h3-6H,7-8H2,1-2H3;1H. The maximum Gasteiger partial charge on any atom is 0.217 e. The van der Waals surface area contributed by atoms with E-state index in [1.54, 1.807) is 23.1 Å². The number of para-hydroxylation sites is 1. The summed E-state index contributed by atoms with van der Waals surface area (Å²) < 4.78 is 3.41. The van der Waals surface area contributed by atoms with Gasteiger partial charge in [0.1, 0.15) is 0 Å². The Labute approximate surface area is 126 Å². The lowest BCUT2D eigenvalue weighted by Crippen LogP contribution is -2.14. The molecular formula is C12H15ClN4S2. The molecule has 0 fully saturated rings. The van der Waals surface area contributed by atoms with Gasteiger partial charge in [0, 0.05) is 12.3 Å². The number of halogens is 1. The van der Waals surface area contributed by atoms with Gasteiger partial charge < -0.3 is 4.90 Å². The number of hydrogen-bond acceptors (Lipinski definition) is 5. The minimum atomic E-state index is 0. The first kappa shape index (κ1) is 14.6.